The molecule has 2 amide bonds. The van der Waals surface area contributed by atoms with E-state index in [1.165, 1.54) is 46.2 Å². The molecule has 3 atom stereocenters. The zero-order valence-electron chi connectivity index (χ0n) is 20.4. The highest BCUT2D eigenvalue weighted by atomic mass is 33.1. The molecule has 0 aliphatic carbocycles. The van der Waals surface area contributed by atoms with E-state index in [9.17, 15) is 29.1 Å². The first-order valence-electron chi connectivity index (χ1n) is 11.1. The summed E-state index contributed by atoms with van der Waals surface area (Å²) in [6.45, 7) is 6.16. The molecule has 0 heterocycles. The lowest BCUT2D eigenvalue weighted by Gasteiger charge is -2.18. The molecule has 0 spiro atoms. The lowest BCUT2D eigenvalue weighted by atomic mass is 10.1. The lowest BCUT2D eigenvalue weighted by molar-refractivity contribution is -0.147. The molecule has 0 radical (unpaired) electrons. The van der Waals surface area contributed by atoms with Gasteiger partial charge in [0.1, 0.15) is 12.1 Å². The van der Waals surface area contributed by atoms with Crippen molar-refractivity contribution in [3.63, 3.8) is 0 Å². The summed E-state index contributed by atoms with van der Waals surface area (Å²) < 4.78 is 5.14. The largest absolute Gasteiger partial charge is 0.480 e. The fourth-order valence-electron chi connectivity index (χ4n) is 2.60. The Kier molecular flexibility index (Phi) is 19.2. The van der Waals surface area contributed by atoms with Gasteiger partial charge in [0, 0.05) is 42.8 Å². The summed E-state index contributed by atoms with van der Waals surface area (Å²) in [5.74, 6) is -2.01. The van der Waals surface area contributed by atoms with Crippen molar-refractivity contribution in [2.75, 3.05) is 17.3 Å². The van der Waals surface area contributed by atoms with Gasteiger partial charge < -0.3 is 25.6 Å². The Balaban J connectivity index is 4.61. The number of carbonyl (C=O) groups excluding carboxylic acids is 3. The van der Waals surface area contributed by atoms with Crippen LogP contribution in [0.2, 0.25) is 0 Å². The van der Waals surface area contributed by atoms with Crippen molar-refractivity contribution in [2.45, 2.75) is 83.2 Å². The molecular weight excluding hydrogens is 537 g/mol. The Morgan fingerprint density at radius 1 is 0.800 bits per heavy atom. The van der Waals surface area contributed by atoms with Crippen molar-refractivity contribution < 1.29 is 38.9 Å². The van der Waals surface area contributed by atoms with Crippen LogP contribution in [-0.2, 0) is 28.7 Å². The topological polar surface area (TPSA) is 159 Å². The van der Waals surface area contributed by atoms with Crippen LogP contribution in [0.1, 0.15) is 59.8 Å². The molecule has 0 fully saturated rings. The van der Waals surface area contributed by atoms with Gasteiger partial charge in [-0.15, -0.1) is 0 Å². The van der Waals surface area contributed by atoms with Gasteiger partial charge in [0.2, 0.25) is 11.8 Å². The first-order valence-corrected chi connectivity index (χ1v) is 16.0. The summed E-state index contributed by atoms with van der Waals surface area (Å²) >= 11 is 0. The number of carboxylic acids is 2. The Labute approximate surface area is 222 Å². The summed E-state index contributed by atoms with van der Waals surface area (Å²) in [6, 6.07) is -1.92. The summed E-state index contributed by atoms with van der Waals surface area (Å²) in [5.41, 5.74) is 0. The predicted octanol–water partition coefficient (Wildman–Crippen LogP) is 3.20. The van der Waals surface area contributed by atoms with Gasteiger partial charge in [-0.05, 0) is 33.1 Å². The maximum Gasteiger partial charge on any atom is 0.327 e. The van der Waals surface area contributed by atoms with Crippen molar-refractivity contribution >= 4 is 72.9 Å². The molecule has 3 unspecified atom stereocenters. The molecule has 14 heteroatoms. The first kappa shape index (κ1) is 33.8. The van der Waals surface area contributed by atoms with Gasteiger partial charge in [-0.2, -0.15) is 0 Å². The second kappa shape index (κ2) is 19.9. The molecule has 202 valence electrons. The normalized spacial score (nSPS) is 13.5. The Hall–Kier alpha value is -1.25. The Morgan fingerprint density at radius 2 is 1.34 bits per heavy atom. The van der Waals surface area contributed by atoms with E-state index in [2.05, 4.69) is 10.6 Å². The lowest BCUT2D eigenvalue weighted by Crippen LogP contribution is -2.41. The summed E-state index contributed by atoms with van der Waals surface area (Å²) in [6.07, 6.45) is 3.31. The fourth-order valence-corrected chi connectivity index (χ4v) is 7.96. The van der Waals surface area contributed by atoms with Crippen LogP contribution >= 0.6 is 43.2 Å². The smallest absolute Gasteiger partial charge is 0.327 e. The van der Waals surface area contributed by atoms with Crippen LogP contribution in [0.4, 0.5) is 0 Å². The predicted molar refractivity (Wildman–Crippen MR) is 144 cm³/mol. The number of hydrogen-bond donors (Lipinski definition) is 4. The fraction of sp³-hybridized carbons (Fsp3) is 0.762. The van der Waals surface area contributed by atoms with Crippen LogP contribution in [0.25, 0.3) is 0 Å². The number of carbonyl (C=O) groups is 5. The number of unbranched alkanes of at least 4 members (excludes halogenated alkanes) is 1. The second-order valence-corrected chi connectivity index (χ2v) is 13.2. The van der Waals surface area contributed by atoms with Gasteiger partial charge in [-0.3, -0.25) is 14.4 Å². The highest BCUT2D eigenvalue weighted by Gasteiger charge is 2.21. The standard InChI is InChI=1S/C21H36N2O8S4/c1-13(2)31-19(26)8-6-5-7-16(35-34-12-18(21(29)30)23-15(4)25)9-10-32-33-11-17(20(27)28)22-14(3)24/h13,16-18H,5-12H2,1-4H3,(H,22,24)(H,23,25)(H,27,28)(H,29,30). The molecule has 35 heavy (non-hydrogen) atoms. The van der Waals surface area contributed by atoms with Gasteiger partial charge in [-0.1, -0.05) is 49.6 Å². The van der Waals surface area contributed by atoms with Crippen molar-refractivity contribution in [3.8, 4) is 0 Å². The quantitative estimate of drug-likeness (QED) is 0.0960. The molecule has 0 aromatic rings. The second-order valence-electron chi connectivity index (χ2n) is 7.87. The molecule has 10 nitrogen and oxygen atoms in total. The number of rotatable bonds is 20. The maximum absolute atomic E-state index is 11.7. The highest BCUT2D eigenvalue weighted by Crippen LogP contribution is 2.35. The van der Waals surface area contributed by atoms with Gasteiger partial charge >= 0.3 is 17.9 Å². The zero-order valence-corrected chi connectivity index (χ0v) is 23.7. The molecule has 0 aliphatic rings. The minimum atomic E-state index is -1.09. The average molecular weight is 573 g/mol. The third kappa shape index (κ3) is 19.6. The maximum atomic E-state index is 11.7. The van der Waals surface area contributed by atoms with Crippen molar-refractivity contribution in [2.24, 2.45) is 0 Å². The number of carboxylic acid groups (broad SMARTS) is 2. The minimum absolute atomic E-state index is 0.145. The van der Waals surface area contributed by atoms with E-state index < -0.39 is 35.8 Å². The van der Waals surface area contributed by atoms with Crippen LogP contribution in [0.15, 0.2) is 0 Å². The molecule has 0 saturated carbocycles. The number of esters is 1. The Bertz CT molecular complexity index is 696. The van der Waals surface area contributed by atoms with Crippen LogP contribution < -0.4 is 10.6 Å². The van der Waals surface area contributed by atoms with Gasteiger partial charge in [0.15, 0.2) is 0 Å². The number of nitrogens with one attached hydrogen (secondary N) is 2. The van der Waals surface area contributed by atoms with E-state index in [4.69, 9.17) is 9.84 Å². The highest BCUT2D eigenvalue weighted by molar-refractivity contribution is 8.77. The molecule has 0 bridgehead atoms. The van der Waals surface area contributed by atoms with Crippen LogP contribution in [-0.4, -0.2) is 80.6 Å². The number of amides is 2. The van der Waals surface area contributed by atoms with Crippen molar-refractivity contribution in [1.82, 2.24) is 10.6 Å². The van der Waals surface area contributed by atoms with E-state index in [1.54, 1.807) is 24.6 Å². The van der Waals surface area contributed by atoms with E-state index in [1.807, 2.05) is 0 Å². The van der Waals surface area contributed by atoms with Gasteiger partial charge in [0.25, 0.3) is 0 Å². The molecule has 0 saturated heterocycles. The third-order valence-corrected chi connectivity index (χ3v) is 9.58. The van der Waals surface area contributed by atoms with E-state index in [-0.39, 0.29) is 28.8 Å². The molecule has 4 N–H and O–H groups in total. The molecule has 0 aromatic heterocycles. The van der Waals surface area contributed by atoms with Crippen LogP contribution in [0.5, 0.6) is 0 Å². The van der Waals surface area contributed by atoms with E-state index in [0.29, 0.717) is 12.8 Å². The van der Waals surface area contributed by atoms with Crippen molar-refractivity contribution in [1.29, 1.82) is 0 Å². The summed E-state index contributed by atoms with van der Waals surface area (Å²) in [7, 11) is 5.82. The molecule has 0 rings (SSSR count). The van der Waals surface area contributed by atoms with E-state index >= 15 is 0 Å². The van der Waals surface area contributed by atoms with E-state index in [0.717, 1.165) is 25.0 Å². The first-order chi connectivity index (χ1) is 16.4. The Morgan fingerprint density at radius 3 is 1.83 bits per heavy atom. The van der Waals surface area contributed by atoms with Crippen LogP contribution in [0.3, 0.4) is 0 Å². The van der Waals surface area contributed by atoms with Gasteiger partial charge in [-0.25, -0.2) is 9.59 Å². The zero-order chi connectivity index (χ0) is 26.8. The van der Waals surface area contributed by atoms with Gasteiger partial charge in [0.05, 0.1) is 6.10 Å². The number of ether oxygens (including phenoxy) is 1. The molecule has 0 aromatic carbocycles. The monoisotopic (exact) mass is 572 g/mol. The number of aliphatic carboxylic acids is 2. The SMILES string of the molecule is CC(=O)NC(CSSCCC(CCCCC(=O)OC(C)C)SSCC(NC(C)=O)C(=O)O)C(=O)O. The summed E-state index contributed by atoms with van der Waals surface area (Å²) in [5, 5.41) is 23.4. The number of hydrogen-bond acceptors (Lipinski definition) is 10. The van der Waals surface area contributed by atoms with Crippen LogP contribution in [0, 0.1) is 0 Å². The van der Waals surface area contributed by atoms with Crippen molar-refractivity contribution in [3.05, 3.63) is 0 Å². The summed E-state index contributed by atoms with van der Waals surface area (Å²) in [4.78, 5) is 56.6. The molecule has 0 aliphatic heterocycles. The average Bonchev–Trinajstić information content (AvgIpc) is 2.72. The third-order valence-electron chi connectivity index (χ3n) is 4.16. The molecular formula is C21H36N2O8S4. The minimum Gasteiger partial charge on any atom is -0.480 e.